The first-order chi connectivity index (χ1) is 8.76. The summed E-state index contributed by atoms with van der Waals surface area (Å²) in [5.74, 6) is 2.98. The molecule has 2 heteroatoms. The Hall–Kier alpha value is -1.02. The SMILES string of the molecule is CN(CC1CC2CCC1C2)c1cccc(CN)c1. The summed E-state index contributed by atoms with van der Waals surface area (Å²) >= 11 is 0. The third-order valence-corrected chi connectivity index (χ3v) is 4.98. The van der Waals surface area contributed by atoms with Crippen molar-refractivity contribution in [2.75, 3.05) is 18.5 Å². The number of hydrogen-bond acceptors (Lipinski definition) is 2. The number of fused-ring (bicyclic) bond motifs is 2. The predicted molar refractivity (Wildman–Crippen MR) is 76.5 cm³/mol. The lowest BCUT2D eigenvalue weighted by molar-refractivity contribution is 0.337. The van der Waals surface area contributed by atoms with Crippen LogP contribution in [0.15, 0.2) is 24.3 Å². The summed E-state index contributed by atoms with van der Waals surface area (Å²) < 4.78 is 0. The molecule has 2 bridgehead atoms. The second-order valence-corrected chi connectivity index (χ2v) is 6.19. The van der Waals surface area contributed by atoms with Crippen molar-refractivity contribution < 1.29 is 0 Å². The monoisotopic (exact) mass is 244 g/mol. The summed E-state index contributed by atoms with van der Waals surface area (Å²) in [5.41, 5.74) is 8.26. The fourth-order valence-corrected chi connectivity index (χ4v) is 3.98. The van der Waals surface area contributed by atoms with Gasteiger partial charge in [0.15, 0.2) is 0 Å². The highest BCUT2D eigenvalue weighted by atomic mass is 15.1. The quantitative estimate of drug-likeness (QED) is 0.882. The fourth-order valence-electron chi connectivity index (χ4n) is 3.98. The molecule has 3 rings (SSSR count). The van der Waals surface area contributed by atoms with E-state index in [-0.39, 0.29) is 0 Å². The van der Waals surface area contributed by atoms with Gasteiger partial charge in [-0.1, -0.05) is 18.6 Å². The molecule has 3 unspecified atom stereocenters. The van der Waals surface area contributed by atoms with Gasteiger partial charge < -0.3 is 10.6 Å². The number of rotatable bonds is 4. The van der Waals surface area contributed by atoms with E-state index in [9.17, 15) is 0 Å². The van der Waals surface area contributed by atoms with Crippen LogP contribution < -0.4 is 10.6 Å². The standard InChI is InChI=1S/C16H24N2/c1-18(16-4-2-3-13(9-16)10-17)11-15-8-12-5-6-14(15)7-12/h2-4,9,12,14-15H,5-8,10-11,17H2,1H3. The molecule has 18 heavy (non-hydrogen) atoms. The molecule has 1 aromatic carbocycles. The van der Waals surface area contributed by atoms with Crippen LogP contribution in [0.25, 0.3) is 0 Å². The summed E-state index contributed by atoms with van der Waals surface area (Å²) in [5, 5.41) is 0. The Morgan fingerprint density at radius 3 is 2.83 bits per heavy atom. The summed E-state index contributed by atoms with van der Waals surface area (Å²) in [4.78, 5) is 2.42. The van der Waals surface area contributed by atoms with Gasteiger partial charge >= 0.3 is 0 Å². The molecule has 2 aliphatic rings. The van der Waals surface area contributed by atoms with Gasteiger partial charge in [-0.25, -0.2) is 0 Å². The Morgan fingerprint density at radius 1 is 1.28 bits per heavy atom. The van der Waals surface area contributed by atoms with Crippen molar-refractivity contribution in [2.24, 2.45) is 23.5 Å². The summed E-state index contributed by atoms with van der Waals surface area (Å²) in [7, 11) is 2.22. The smallest absolute Gasteiger partial charge is 0.0366 e. The Bertz CT molecular complexity index is 415. The predicted octanol–water partition coefficient (Wildman–Crippen LogP) is 3.02. The van der Waals surface area contributed by atoms with Crippen molar-refractivity contribution in [3.63, 3.8) is 0 Å². The van der Waals surface area contributed by atoms with E-state index in [0.717, 1.165) is 17.8 Å². The van der Waals surface area contributed by atoms with E-state index in [4.69, 9.17) is 5.73 Å². The topological polar surface area (TPSA) is 29.3 Å². The van der Waals surface area contributed by atoms with Gasteiger partial charge in [0.05, 0.1) is 0 Å². The average Bonchev–Trinajstić information content (AvgIpc) is 3.01. The van der Waals surface area contributed by atoms with Crippen LogP contribution in [0.2, 0.25) is 0 Å². The summed E-state index contributed by atoms with van der Waals surface area (Å²) in [6, 6.07) is 8.66. The van der Waals surface area contributed by atoms with Gasteiger partial charge in [0, 0.05) is 25.8 Å². The number of hydrogen-bond donors (Lipinski definition) is 1. The number of anilines is 1. The minimum Gasteiger partial charge on any atom is -0.374 e. The highest BCUT2D eigenvalue weighted by Gasteiger charge is 2.39. The van der Waals surface area contributed by atoms with Crippen LogP contribution in [0.3, 0.4) is 0 Å². The van der Waals surface area contributed by atoms with E-state index >= 15 is 0 Å². The average molecular weight is 244 g/mol. The molecule has 2 saturated carbocycles. The molecule has 98 valence electrons. The molecule has 1 aromatic rings. The van der Waals surface area contributed by atoms with Crippen LogP contribution in [0.5, 0.6) is 0 Å². The maximum Gasteiger partial charge on any atom is 0.0366 e. The van der Waals surface area contributed by atoms with Gasteiger partial charge in [0.1, 0.15) is 0 Å². The van der Waals surface area contributed by atoms with Gasteiger partial charge in [-0.05, 0) is 54.7 Å². The second kappa shape index (κ2) is 4.93. The van der Waals surface area contributed by atoms with Gasteiger partial charge in [0.2, 0.25) is 0 Å². The van der Waals surface area contributed by atoms with Gasteiger partial charge in [-0.15, -0.1) is 0 Å². The maximum atomic E-state index is 5.71. The second-order valence-electron chi connectivity index (χ2n) is 6.19. The van der Waals surface area contributed by atoms with Crippen LogP contribution in [-0.4, -0.2) is 13.6 Å². The molecule has 2 fully saturated rings. The van der Waals surface area contributed by atoms with E-state index in [1.807, 2.05) is 0 Å². The van der Waals surface area contributed by atoms with Crippen LogP contribution in [0.1, 0.15) is 31.2 Å². The minimum absolute atomic E-state index is 0.635. The maximum absolute atomic E-state index is 5.71. The fraction of sp³-hybridized carbons (Fsp3) is 0.625. The molecule has 3 atom stereocenters. The zero-order chi connectivity index (χ0) is 12.5. The van der Waals surface area contributed by atoms with E-state index in [2.05, 4.69) is 36.2 Å². The third kappa shape index (κ3) is 2.26. The van der Waals surface area contributed by atoms with Crippen LogP contribution in [0, 0.1) is 17.8 Å². The number of nitrogens with zero attached hydrogens (tertiary/aromatic N) is 1. The van der Waals surface area contributed by atoms with Gasteiger partial charge in [0.25, 0.3) is 0 Å². The van der Waals surface area contributed by atoms with Crippen molar-refractivity contribution in [2.45, 2.75) is 32.2 Å². The molecule has 2 aliphatic carbocycles. The van der Waals surface area contributed by atoms with E-state index < -0.39 is 0 Å². The Labute approximate surface area is 110 Å². The summed E-state index contributed by atoms with van der Waals surface area (Å²) in [6.45, 7) is 1.85. The molecule has 2 nitrogen and oxygen atoms in total. The summed E-state index contributed by atoms with van der Waals surface area (Å²) in [6.07, 6.45) is 5.94. The zero-order valence-corrected chi connectivity index (χ0v) is 11.3. The van der Waals surface area contributed by atoms with E-state index in [1.165, 1.54) is 43.5 Å². The first kappa shape index (κ1) is 12.0. The molecule has 0 aromatic heterocycles. The highest BCUT2D eigenvalue weighted by molar-refractivity contribution is 5.48. The lowest BCUT2D eigenvalue weighted by Gasteiger charge is -2.28. The van der Waals surface area contributed by atoms with Crippen molar-refractivity contribution in [3.05, 3.63) is 29.8 Å². The minimum atomic E-state index is 0.635. The molecule has 0 saturated heterocycles. The van der Waals surface area contributed by atoms with Crippen LogP contribution >= 0.6 is 0 Å². The molecule has 0 aliphatic heterocycles. The lowest BCUT2D eigenvalue weighted by Crippen LogP contribution is -2.28. The highest BCUT2D eigenvalue weighted by Crippen LogP contribution is 2.48. The first-order valence-electron chi connectivity index (χ1n) is 7.26. The Balaban J connectivity index is 1.65. The molecular formula is C16H24N2. The zero-order valence-electron chi connectivity index (χ0n) is 11.3. The molecule has 0 amide bonds. The molecule has 0 heterocycles. The van der Waals surface area contributed by atoms with Gasteiger partial charge in [-0.3, -0.25) is 0 Å². The Kier molecular flexibility index (Phi) is 3.29. The third-order valence-electron chi connectivity index (χ3n) is 4.98. The molecule has 0 spiro atoms. The molecule has 0 radical (unpaired) electrons. The normalized spacial score (nSPS) is 29.8. The van der Waals surface area contributed by atoms with E-state index in [1.54, 1.807) is 0 Å². The molecular weight excluding hydrogens is 220 g/mol. The van der Waals surface area contributed by atoms with Crippen LogP contribution in [0.4, 0.5) is 5.69 Å². The van der Waals surface area contributed by atoms with Crippen molar-refractivity contribution in [1.82, 2.24) is 0 Å². The van der Waals surface area contributed by atoms with E-state index in [0.29, 0.717) is 6.54 Å². The Morgan fingerprint density at radius 2 is 2.17 bits per heavy atom. The van der Waals surface area contributed by atoms with Crippen molar-refractivity contribution in [1.29, 1.82) is 0 Å². The number of benzene rings is 1. The van der Waals surface area contributed by atoms with Crippen molar-refractivity contribution in [3.8, 4) is 0 Å². The first-order valence-corrected chi connectivity index (χ1v) is 7.26. The lowest BCUT2D eigenvalue weighted by atomic mass is 9.88. The van der Waals surface area contributed by atoms with Crippen molar-refractivity contribution >= 4 is 5.69 Å². The molecule has 2 N–H and O–H groups in total. The van der Waals surface area contributed by atoms with Crippen LogP contribution in [-0.2, 0) is 6.54 Å². The largest absolute Gasteiger partial charge is 0.374 e. The van der Waals surface area contributed by atoms with Gasteiger partial charge in [-0.2, -0.15) is 0 Å². The number of nitrogens with two attached hydrogens (primary N) is 1.